The summed E-state index contributed by atoms with van der Waals surface area (Å²) in [5.41, 5.74) is 8.39. The van der Waals surface area contributed by atoms with Gasteiger partial charge < -0.3 is 5.11 Å². The molecule has 0 saturated heterocycles. The maximum Gasteiger partial charge on any atom is 0.187 e. The highest BCUT2D eigenvalue weighted by Gasteiger charge is 2.41. The highest BCUT2D eigenvalue weighted by molar-refractivity contribution is 7.94. The number of nitrogens with zero attached hydrogens (tertiary/aromatic N) is 3. The number of benzene rings is 7. The SMILES string of the molecule is CC(C)([OH2+])C(C)(C)OSc1ccc(-c2ccc(-c3ccc4sc5cccc(-c6nc(-c7ccccc7)nc(-c7cccc(-c8ccccc8)c7)n6)c5c4c3)cc2)cc1. The molecule has 7 aromatic carbocycles. The fourth-order valence-electron chi connectivity index (χ4n) is 6.82. The Hall–Kier alpha value is -5.96. The lowest BCUT2D eigenvalue weighted by molar-refractivity contribution is -0.0813. The molecule has 0 aliphatic rings. The van der Waals surface area contributed by atoms with E-state index in [1.165, 1.54) is 26.8 Å². The highest BCUT2D eigenvalue weighted by Crippen LogP contribution is 2.42. The van der Waals surface area contributed by atoms with E-state index in [4.69, 9.17) is 24.2 Å². The van der Waals surface area contributed by atoms with Crippen LogP contribution in [0.2, 0.25) is 0 Å². The molecule has 5 nitrogen and oxygen atoms in total. The summed E-state index contributed by atoms with van der Waals surface area (Å²) < 4.78 is 8.46. The van der Waals surface area contributed by atoms with E-state index >= 15 is 0 Å². The van der Waals surface area contributed by atoms with Crippen LogP contribution in [0.4, 0.5) is 0 Å². The average Bonchev–Trinajstić information content (AvgIpc) is 3.64. The van der Waals surface area contributed by atoms with Gasteiger partial charge in [0.1, 0.15) is 0 Å². The van der Waals surface area contributed by atoms with Crippen molar-refractivity contribution in [1.29, 1.82) is 0 Å². The molecule has 284 valence electrons. The third-order valence-corrected chi connectivity index (χ3v) is 13.0. The van der Waals surface area contributed by atoms with Gasteiger partial charge in [0.25, 0.3) is 0 Å². The summed E-state index contributed by atoms with van der Waals surface area (Å²) in [5.74, 6) is 1.92. The van der Waals surface area contributed by atoms with Crippen LogP contribution in [-0.4, -0.2) is 31.3 Å². The van der Waals surface area contributed by atoms with Gasteiger partial charge in [-0.3, -0.25) is 4.18 Å². The summed E-state index contributed by atoms with van der Waals surface area (Å²) in [4.78, 5) is 16.4. The highest BCUT2D eigenvalue weighted by atomic mass is 32.2. The molecule has 2 heterocycles. The second kappa shape index (κ2) is 15.4. The maximum atomic E-state index is 8.39. The minimum atomic E-state index is -0.716. The van der Waals surface area contributed by atoms with Crippen molar-refractivity contribution in [2.75, 3.05) is 0 Å². The number of hydrogen-bond acceptors (Lipinski definition) is 6. The standard InChI is InChI=1S/C51H41N3O2S2/c1-50(2,55)51(3,4)56-58-41-28-25-35(26-29-41)34-21-23-36(24-22-34)39-27-30-44-43(32-39)46-42(19-12-20-45(46)57-44)49-53-47(37-15-9-6-10-16-37)52-48(54-49)40-18-11-17-38(31-40)33-13-7-5-8-14-33/h5-32,55H,1-4H3/p+1. The molecule has 2 aromatic heterocycles. The van der Waals surface area contributed by atoms with Crippen LogP contribution < -0.4 is 0 Å². The Labute approximate surface area is 347 Å². The van der Waals surface area contributed by atoms with E-state index in [9.17, 15) is 0 Å². The minimum Gasteiger partial charge on any atom is -0.439 e. The van der Waals surface area contributed by atoms with Crippen molar-refractivity contribution in [3.63, 3.8) is 0 Å². The number of thiophene rings is 1. The van der Waals surface area contributed by atoms with Gasteiger partial charge >= 0.3 is 0 Å². The molecule has 0 aliphatic carbocycles. The summed E-state index contributed by atoms with van der Waals surface area (Å²) in [5, 5.41) is 10.7. The molecule has 0 radical (unpaired) electrons. The number of fused-ring (bicyclic) bond motifs is 3. The quantitative estimate of drug-likeness (QED) is 0.102. The van der Waals surface area contributed by atoms with Gasteiger partial charge in [-0.1, -0.05) is 133 Å². The van der Waals surface area contributed by atoms with Gasteiger partial charge in [0.05, 0.1) is 0 Å². The molecular formula is C51H42N3O2S2+. The van der Waals surface area contributed by atoms with E-state index in [0.717, 1.165) is 60.4 Å². The van der Waals surface area contributed by atoms with E-state index in [2.05, 4.69) is 146 Å². The summed E-state index contributed by atoms with van der Waals surface area (Å²) in [6, 6.07) is 59.3. The Morgan fingerprint density at radius 3 is 1.64 bits per heavy atom. The second-order valence-electron chi connectivity index (χ2n) is 15.5. The summed E-state index contributed by atoms with van der Waals surface area (Å²) in [6.07, 6.45) is 0. The first kappa shape index (κ1) is 37.6. The predicted molar refractivity (Wildman–Crippen MR) is 244 cm³/mol. The molecule has 0 fully saturated rings. The van der Waals surface area contributed by atoms with E-state index in [1.807, 2.05) is 52.0 Å². The zero-order chi connectivity index (χ0) is 39.9. The van der Waals surface area contributed by atoms with Crippen molar-refractivity contribution < 1.29 is 9.29 Å². The van der Waals surface area contributed by atoms with Crippen LogP contribution in [0.5, 0.6) is 0 Å². The first-order chi connectivity index (χ1) is 28.1. The van der Waals surface area contributed by atoms with Crippen molar-refractivity contribution in [1.82, 2.24) is 15.0 Å². The second-order valence-corrected chi connectivity index (χ2v) is 17.4. The lowest BCUT2D eigenvalue weighted by Crippen LogP contribution is -2.45. The molecule has 58 heavy (non-hydrogen) atoms. The Balaban J connectivity index is 1.07. The third-order valence-electron chi connectivity index (χ3n) is 10.9. The summed E-state index contributed by atoms with van der Waals surface area (Å²) in [7, 11) is 0. The predicted octanol–water partition coefficient (Wildman–Crippen LogP) is 13.5. The first-order valence-electron chi connectivity index (χ1n) is 19.3. The zero-order valence-corrected chi connectivity index (χ0v) is 34.4. The molecule has 0 aliphatic heterocycles. The topological polar surface area (TPSA) is 70.8 Å². The molecule has 0 saturated carbocycles. The van der Waals surface area contributed by atoms with Crippen molar-refractivity contribution in [3.8, 4) is 67.5 Å². The van der Waals surface area contributed by atoms with E-state index < -0.39 is 11.2 Å². The van der Waals surface area contributed by atoms with Gasteiger partial charge in [-0.25, -0.2) is 15.0 Å². The Bertz CT molecular complexity index is 2880. The van der Waals surface area contributed by atoms with Gasteiger partial charge in [0.15, 0.2) is 28.7 Å². The van der Waals surface area contributed by atoms with Gasteiger partial charge in [0.2, 0.25) is 0 Å². The smallest absolute Gasteiger partial charge is 0.187 e. The van der Waals surface area contributed by atoms with Crippen LogP contribution in [0.25, 0.3) is 87.7 Å². The third kappa shape index (κ3) is 7.58. The molecule has 0 spiro atoms. The van der Waals surface area contributed by atoms with Gasteiger partial charge in [-0.05, 0) is 83.6 Å². The fourth-order valence-corrected chi connectivity index (χ4v) is 8.69. The van der Waals surface area contributed by atoms with Crippen molar-refractivity contribution in [2.24, 2.45) is 0 Å². The van der Waals surface area contributed by atoms with E-state index in [0.29, 0.717) is 17.5 Å². The molecule has 0 bridgehead atoms. The summed E-state index contributed by atoms with van der Waals surface area (Å²) >= 11 is 3.12. The Morgan fingerprint density at radius 2 is 0.966 bits per heavy atom. The van der Waals surface area contributed by atoms with E-state index in [-0.39, 0.29) is 0 Å². The maximum absolute atomic E-state index is 8.39. The zero-order valence-electron chi connectivity index (χ0n) is 32.7. The van der Waals surface area contributed by atoms with Crippen LogP contribution >= 0.6 is 23.4 Å². The van der Waals surface area contributed by atoms with Crippen LogP contribution in [0.3, 0.4) is 0 Å². The molecule has 0 atom stereocenters. The lowest BCUT2D eigenvalue weighted by atomic mass is 9.90. The fraction of sp³-hybridized carbons (Fsp3) is 0.118. The molecule has 2 N–H and O–H groups in total. The Kier molecular flexibility index (Phi) is 10.00. The molecule has 7 heteroatoms. The lowest BCUT2D eigenvalue weighted by Gasteiger charge is -2.31. The summed E-state index contributed by atoms with van der Waals surface area (Å²) in [6.45, 7) is 7.67. The normalized spacial score (nSPS) is 12.0. The molecule has 9 aromatic rings. The molecule has 0 unspecified atom stereocenters. The Morgan fingerprint density at radius 1 is 0.466 bits per heavy atom. The van der Waals surface area contributed by atoms with Crippen molar-refractivity contribution >= 4 is 43.6 Å². The molecular weight excluding hydrogens is 751 g/mol. The van der Waals surface area contributed by atoms with Crippen molar-refractivity contribution in [2.45, 2.75) is 43.8 Å². The van der Waals surface area contributed by atoms with Gasteiger partial charge in [-0.15, -0.1) is 11.3 Å². The minimum absolute atomic E-state index is 0.593. The monoisotopic (exact) mass is 792 g/mol. The number of aromatic nitrogens is 3. The number of hydrogen-bond donors (Lipinski definition) is 0. The average molecular weight is 793 g/mol. The molecule has 9 rings (SSSR count). The first-order valence-corrected chi connectivity index (χ1v) is 20.9. The van der Waals surface area contributed by atoms with Crippen LogP contribution in [0.1, 0.15) is 27.7 Å². The van der Waals surface area contributed by atoms with Crippen molar-refractivity contribution in [3.05, 3.63) is 170 Å². The number of rotatable bonds is 10. The van der Waals surface area contributed by atoms with Gasteiger partial charge in [0, 0.05) is 67.6 Å². The van der Waals surface area contributed by atoms with E-state index in [1.54, 1.807) is 11.3 Å². The van der Waals surface area contributed by atoms with Crippen LogP contribution in [-0.2, 0) is 4.18 Å². The molecule has 0 amide bonds. The van der Waals surface area contributed by atoms with Gasteiger partial charge in [-0.2, -0.15) is 0 Å². The van der Waals surface area contributed by atoms with Crippen LogP contribution in [0.15, 0.2) is 175 Å². The van der Waals surface area contributed by atoms with Crippen LogP contribution in [0, 0.1) is 0 Å². The largest absolute Gasteiger partial charge is 0.439 e.